The maximum Gasteiger partial charge on any atom is 0.123 e. The van der Waals surface area contributed by atoms with E-state index in [0.717, 1.165) is 18.5 Å². The highest BCUT2D eigenvalue weighted by Crippen LogP contribution is 2.30. The number of benzene rings is 1. The zero-order valence-electron chi connectivity index (χ0n) is 12.5. The smallest absolute Gasteiger partial charge is 0.123 e. The third kappa shape index (κ3) is 3.04. The summed E-state index contributed by atoms with van der Waals surface area (Å²) in [7, 11) is 2.25. The number of nitrogens with zero attached hydrogens (tertiary/aromatic N) is 1. The molecule has 2 aliphatic heterocycles. The molecular weight excluding hydrogens is 251 g/mol. The van der Waals surface area contributed by atoms with Gasteiger partial charge in [0, 0.05) is 24.2 Å². The van der Waals surface area contributed by atoms with Crippen LogP contribution in [-0.2, 0) is 6.42 Å². The molecule has 110 valence electrons. The van der Waals surface area contributed by atoms with E-state index < -0.39 is 0 Å². The summed E-state index contributed by atoms with van der Waals surface area (Å²) < 4.78 is 12.9. The first-order valence-corrected chi connectivity index (χ1v) is 7.84. The molecule has 2 heterocycles. The fourth-order valence-electron chi connectivity index (χ4n) is 3.83. The van der Waals surface area contributed by atoms with Crippen LogP contribution >= 0.6 is 0 Å². The van der Waals surface area contributed by atoms with Gasteiger partial charge in [-0.2, -0.15) is 0 Å². The standard InChI is InChI=1S/C17H25FN2/c1-12(9-13-3-5-14(18)6-4-13)20(2)17-10-15-7-8-16(11-17)19-15/h3-6,12,15-17,19H,7-11H2,1-2H3. The van der Waals surface area contributed by atoms with E-state index in [0.29, 0.717) is 12.1 Å². The van der Waals surface area contributed by atoms with Crippen LogP contribution in [0.25, 0.3) is 0 Å². The Hall–Kier alpha value is -0.930. The number of hydrogen-bond donors (Lipinski definition) is 1. The fourth-order valence-corrected chi connectivity index (χ4v) is 3.83. The van der Waals surface area contributed by atoms with Gasteiger partial charge < -0.3 is 10.2 Å². The Morgan fingerprint density at radius 1 is 1.20 bits per heavy atom. The fraction of sp³-hybridized carbons (Fsp3) is 0.647. The molecule has 1 N–H and O–H groups in total. The van der Waals surface area contributed by atoms with Gasteiger partial charge in [-0.1, -0.05) is 12.1 Å². The van der Waals surface area contributed by atoms with Crippen molar-refractivity contribution in [2.75, 3.05) is 7.05 Å². The molecule has 1 aromatic carbocycles. The SMILES string of the molecule is CC(Cc1ccc(F)cc1)N(C)C1CC2CCC(C1)N2. The van der Waals surface area contributed by atoms with E-state index in [9.17, 15) is 4.39 Å². The average molecular weight is 276 g/mol. The van der Waals surface area contributed by atoms with Gasteiger partial charge in [0.25, 0.3) is 0 Å². The van der Waals surface area contributed by atoms with Crippen LogP contribution in [0, 0.1) is 5.82 Å². The molecule has 3 heteroatoms. The van der Waals surface area contributed by atoms with Crippen LogP contribution in [0.5, 0.6) is 0 Å². The summed E-state index contributed by atoms with van der Waals surface area (Å²) in [4.78, 5) is 2.54. The maximum absolute atomic E-state index is 12.9. The maximum atomic E-state index is 12.9. The summed E-state index contributed by atoms with van der Waals surface area (Å²) in [6.07, 6.45) is 6.25. The first kappa shape index (κ1) is 14.0. The van der Waals surface area contributed by atoms with Crippen LogP contribution in [0.1, 0.15) is 38.2 Å². The van der Waals surface area contributed by atoms with E-state index in [1.807, 2.05) is 12.1 Å². The Bertz CT molecular complexity index is 433. The van der Waals surface area contributed by atoms with Crippen LogP contribution in [0.2, 0.25) is 0 Å². The largest absolute Gasteiger partial charge is 0.311 e. The Kier molecular flexibility index (Phi) is 4.08. The van der Waals surface area contributed by atoms with Crippen molar-refractivity contribution in [1.29, 1.82) is 0 Å². The van der Waals surface area contributed by atoms with Gasteiger partial charge in [-0.3, -0.25) is 0 Å². The molecule has 2 aliphatic rings. The summed E-state index contributed by atoms with van der Waals surface area (Å²) in [5, 5.41) is 3.70. The Labute approximate surface area is 121 Å². The summed E-state index contributed by atoms with van der Waals surface area (Å²) in [6.45, 7) is 2.29. The third-order valence-corrected chi connectivity index (χ3v) is 5.16. The summed E-state index contributed by atoms with van der Waals surface area (Å²) >= 11 is 0. The van der Waals surface area contributed by atoms with Gasteiger partial charge in [0.2, 0.25) is 0 Å². The zero-order valence-corrected chi connectivity index (χ0v) is 12.5. The van der Waals surface area contributed by atoms with Crippen molar-refractivity contribution < 1.29 is 4.39 Å². The topological polar surface area (TPSA) is 15.3 Å². The van der Waals surface area contributed by atoms with Crippen molar-refractivity contribution in [1.82, 2.24) is 10.2 Å². The lowest BCUT2D eigenvalue weighted by Gasteiger charge is -2.39. The van der Waals surface area contributed by atoms with Gasteiger partial charge in [0.05, 0.1) is 0 Å². The number of piperidine rings is 1. The van der Waals surface area contributed by atoms with Crippen molar-refractivity contribution in [3.8, 4) is 0 Å². The minimum atomic E-state index is -0.148. The number of fused-ring (bicyclic) bond motifs is 2. The molecule has 3 unspecified atom stereocenters. The third-order valence-electron chi connectivity index (χ3n) is 5.16. The van der Waals surface area contributed by atoms with Crippen LogP contribution in [0.4, 0.5) is 4.39 Å². The molecule has 2 bridgehead atoms. The van der Waals surface area contributed by atoms with E-state index in [2.05, 4.69) is 24.2 Å². The molecule has 1 aromatic rings. The minimum Gasteiger partial charge on any atom is -0.311 e. The molecule has 0 radical (unpaired) electrons. The quantitative estimate of drug-likeness (QED) is 0.909. The summed E-state index contributed by atoms with van der Waals surface area (Å²) in [5.74, 6) is -0.148. The second kappa shape index (κ2) is 5.82. The predicted molar refractivity (Wildman–Crippen MR) is 80.3 cm³/mol. The molecule has 3 rings (SSSR count). The van der Waals surface area contributed by atoms with Crippen LogP contribution in [0.15, 0.2) is 24.3 Å². The molecule has 3 atom stereocenters. The lowest BCUT2D eigenvalue weighted by Crippen LogP contribution is -2.49. The number of halogens is 1. The van der Waals surface area contributed by atoms with E-state index in [4.69, 9.17) is 0 Å². The predicted octanol–water partition coefficient (Wildman–Crippen LogP) is 2.97. The van der Waals surface area contributed by atoms with Crippen molar-refractivity contribution in [2.45, 2.75) is 63.2 Å². The van der Waals surface area contributed by atoms with E-state index in [1.54, 1.807) is 12.1 Å². The van der Waals surface area contributed by atoms with Gasteiger partial charge in [0.15, 0.2) is 0 Å². The number of nitrogens with one attached hydrogen (secondary N) is 1. The van der Waals surface area contributed by atoms with Gasteiger partial charge in [-0.25, -0.2) is 4.39 Å². The zero-order chi connectivity index (χ0) is 14.1. The average Bonchev–Trinajstić information content (AvgIpc) is 2.79. The second-order valence-corrected chi connectivity index (χ2v) is 6.61. The normalized spacial score (nSPS) is 30.7. The van der Waals surface area contributed by atoms with Gasteiger partial charge in [-0.15, -0.1) is 0 Å². The number of hydrogen-bond acceptors (Lipinski definition) is 2. The summed E-state index contributed by atoms with van der Waals surface area (Å²) in [5.41, 5.74) is 1.22. The monoisotopic (exact) mass is 276 g/mol. The molecule has 2 nitrogen and oxygen atoms in total. The van der Waals surface area contributed by atoms with Crippen molar-refractivity contribution in [2.24, 2.45) is 0 Å². The van der Waals surface area contributed by atoms with Gasteiger partial charge in [0.1, 0.15) is 5.82 Å². The molecular formula is C17H25FN2. The van der Waals surface area contributed by atoms with Gasteiger partial charge in [-0.05, 0) is 63.8 Å². The molecule has 0 saturated carbocycles. The minimum absolute atomic E-state index is 0.148. The number of likely N-dealkylation sites (N-methyl/N-ethyl adjacent to an activating group) is 1. The van der Waals surface area contributed by atoms with E-state index in [-0.39, 0.29) is 5.82 Å². The molecule has 0 amide bonds. The molecule has 20 heavy (non-hydrogen) atoms. The Morgan fingerprint density at radius 2 is 1.80 bits per heavy atom. The molecule has 2 saturated heterocycles. The highest BCUT2D eigenvalue weighted by atomic mass is 19.1. The molecule has 0 aliphatic carbocycles. The highest BCUT2D eigenvalue weighted by Gasteiger charge is 2.35. The Balaban J connectivity index is 1.58. The van der Waals surface area contributed by atoms with Gasteiger partial charge >= 0.3 is 0 Å². The molecule has 0 spiro atoms. The first-order chi connectivity index (χ1) is 9.61. The molecule has 2 fully saturated rings. The van der Waals surface area contributed by atoms with E-state index in [1.165, 1.54) is 31.2 Å². The van der Waals surface area contributed by atoms with Crippen LogP contribution in [-0.4, -0.2) is 36.1 Å². The van der Waals surface area contributed by atoms with E-state index >= 15 is 0 Å². The van der Waals surface area contributed by atoms with Crippen molar-refractivity contribution in [3.05, 3.63) is 35.6 Å². The first-order valence-electron chi connectivity index (χ1n) is 7.84. The van der Waals surface area contributed by atoms with Crippen LogP contribution < -0.4 is 5.32 Å². The lowest BCUT2D eigenvalue weighted by molar-refractivity contribution is 0.132. The highest BCUT2D eigenvalue weighted by molar-refractivity contribution is 5.17. The van der Waals surface area contributed by atoms with Crippen LogP contribution in [0.3, 0.4) is 0 Å². The Morgan fingerprint density at radius 3 is 2.40 bits per heavy atom. The second-order valence-electron chi connectivity index (χ2n) is 6.61. The van der Waals surface area contributed by atoms with Crippen molar-refractivity contribution in [3.63, 3.8) is 0 Å². The molecule has 0 aromatic heterocycles. The van der Waals surface area contributed by atoms with Crippen molar-refractivity contribution >= 4 is 0 Å². The summed E-state index contributed by atoms with van der Waals surface area (Å²) in [6, 6.07) is 9.61. The number of rotatable bonds is 4. The lowest BCUT2D eigenvalue weighted by atomic mass is 9.96.